The number of nitrogens with zero attached hydrogens (tertiary/aromatic N) is 3. The molecule has 0 fully saturated rings. The maximum atomic E-state index is 6.32. The van der Waals surface area contributed by atoms with E-state index in [4.69, 9.17) is 9.97 Å². The number of allylic oxidation sites excluding steroid dienone is 1. The van der Waals surface area contributed by atoms with Gasteiger partial charge in [-0.1, -0.05) is 315 Å². The molecule has 0 saturated heterocycles. The van der Waals surface area contributed by atoms with Gasteiger partial charge in [-0.2, -0.15) is 0 Å². The van der Waals surface area contributed by atoms with Crippen LogP contribution in [0, 0.1) is 13.8 Å². The van der Waals surface area contributed by atoms with E-state index in [9.17, 15) is 0 Å². The molecule has 474 valence electrons. The third-order valence-corrected chi connectivity index (χ3v) is 20.2. The first kappa shape index (κ1) is 60.9. The van der Waals surface area contributed by atoms with Gasteiger partial charge in [0, 0.05) is 62.6 Å². The third kappa shape index (κ3) is 10.7. The molecule has 5 heterocycles. The molecule has 12 aromatic carbocycles. The summed E-state index contributed by atoms with van der Waals surface area (Å²) >= 11 is 0. The molecule has 0 atom stereocenters. The number of hydrogen-bond donors (Lipinski definition) is 1. The number of fused-ring (bicyclic) bond motifs is 8. The van der Waals surface area contributed by atoms with Crippen LogP contribution in [0.25, 0.3) is 179 Å². The smallest absolute Gasteiger partial charge is 0.0767 e. The molecule has 2 aliphatic heterocycles. The van der Waals surface area contributed by atoms with E-state index in [1.54, 1.807) is 0 Å². The number of aryl methyl sites for hydroxylation is 3. The van der Waals surface area contributed by atoms with Crippen LogP contribution in [-0.2, 0) is 7.05 Å². The summed E-state index contributed by atoms with van der Waals surface area (Å²) in [7, 11) is 2.29. The van der Waals surface area contributed by atoms with Crippen molar-refractivity contribution in [3.63, 3.8) is 0 Å². The normalized spacial score (nSPS) is 11.8. The Morgan fingerprint density at radius 1 is 0.240 bits per heavy atom. The maximum absolute atomic E-state index is 6.32. The Morgan fingerprint density at radius 3 is 0.790 bits per heavy atom. The average molecular weight is 1280 g/mol. The van der Waals surface area contributed by atoms with Gasteiger partial charge in [0.25, 0.3) is 0 Å². The van der Waals surface area contributed by atoms with E-state index < -0.39 is 0 Å². The second-order valence-corrected chi connectivity index (χ2v) is 26.0. The van der Waals surface area contributed by atoms with Crippen LogP contribution in [0.15, 0.2) is 328 Å². The van der Waals surface area contributed by atoms with Gasteiger partial charge in [0.1, 0.15) is 0 Å². The molecule has 1 N–H and O–H groups in total. The number of rotatable bonds is 12. The van der Waals surface area contributed by atoms with Gasteiger partial charge in [-0.3, -0.25) is 0 Å². The monoisotopic (exact) mass is 1280 g/mol. The van der Waals surface area contributed by atoms with Gasteiger partial charge < -0.3 is 9.55 Å². The van der Waals surface area contributed by atoms with Crippen LogP contribution >= 0.6 is 0 Å². The zero-order valence-corrected chi connectivity index (χ0v) is 56.3. The predicted molar refractivity (Wildman–Crippen MR) is 423 cm³/mol. The summed E-state index contributed by atoms with van der Waals surface area (Å²) in [4.78, 5) is 16.8. The lowest BCUT2D eigenvalue weighted by molar-refractivity contribution is 1.01. The van der Waals surface area contributed by atoms with Crippen molar-refractivity contribution >= 4 is 45.9 Å². The largest absolute Gasteiger partial charge is 0.354 e. The van der Waals surface area contributed by atoms with Crippen LogP contribution in [0.4, 0.5) is 0 Å². The lowest BCUT2D eigenvalue weighted by atomic mass is 9.85. The molecular weight excluding hydrogens is 1210 g/mol. The molecule has 17 rings (SSSR count). The average Bonchev–Trinajstić information content (AvgIpc) is 1.54. The fraction of sp³-hybridized carbons (Fsp3) is 0.0417. The van der Waals surface area contributed by atoms with Gasteiger partial charge in [0.2, 0.25) is 0 Å². The van der Waals surface area contributed by atoms with Gasteiger partial charge in [-0.25, -0.2) is 9.97 Å². The molecule has 15 aromatic rings. The van der Waals surface area contributed by atoms with E-state index >= 15 is 0 Å². The quantitative estimate of drug-likeness (QED) is 0.133. The Kier molecular flexibility index (Phi) is 15.8. The molecule has 0 spiro atoms. The second kappa shape index (κ2) is 26.0. The molecule has 0 aliphatic carbocycles. The Bertz CT molecular complexity index is 5640. The molecule has 0 unspecified atom stereocenters. The summed E-state index contributed by atoms with van der Waals surface area (Å²) < 4.78 is 2.50. The zero-order valence-electron chi connectivity index (χ0n) is 56.3. The minimum atomic E-state index is 0.827. The van der Waals surface area contributed by atoms with Gasteiger partial charge >= 0.3 is 0 Å². The summed E-state index contributed by atoms with van der Waals surface area (Å²) in [6.07, 6.45) is 6.91. The fourth-order valence-corrected chi connectivity index (χ4v) is 15.6. The van der Waals surface area contributed by atoms with Crippen LogP contribution in [-0.4, -0.2) is 19.5 Å². The summed E-state index contributed by atoms with van der Waals surface area (Å²) in [5.74, 6) is 0. The first-order chi connectivity index (χ1) is 49.3. The highest BCUT2D eigenvalue weighted by Crippen LogP contribution is 2.53. The predicted octanol–water partition coefficient (Wildman–Crippen LogP) is 25.7. The number of aromatic nitrogens is 4. The van der Waals surface area contributed by atoms with Gasteiger partial charge in [-0.15, -0.1) is 0 Å². The molecular formula is C96H70N4. The molecule has 0 amide bonds. The van der Waals surface area contributed by atoms with Crippen LogP contribution in [0.1, 0.15) is 40.8 Å². The minimum Gasteiger partial charge on any atom is -0.354 e. The zero-order chi connectivity index (χ0) is 67.2. The number of benzene rings is 12. The Morgan fingerprint density at radius 2 is 0.490 bits per heavy atom. The van der Waals surface area contributed by atoms with Gasteiger partial charge in [0.15, 0.2) is 0 Å². The van der Waals surface area contributed by atoms with Gasteiger partial charge in [-0.05, 0) is 157 Å². The maximum Gasteiger partial charge on any atom is 0.0767 e. The van der Waals surface area contributed by atoms with Crippen molar-refractivity contribution in [2.24, 2.45) is 7.05 Å². The molecule has 0 saturated carbocycles. The summed E-state index contributed by atoms with van der Waals surface area (Å²) in [6, 6.07) is 119. The van der Waals surface area contributed by atoms with E-state index in [1.807, 2.05) is 0 Å². The molecule has 4 heteroatoms. The molecule has 0 radical (unpaired) electrons. The number of aromatic amines is 1. The SMILES string of the molecule is CC1=Cc2nc1c(-c1c(-c3ccccc3)cccc1-c1ccccc1)c1c(C)c(C)c(c(-c3c(-c4ccccc4)cccc3-c3ccccc3)c3nc(c(-c4c(-c5ccccc5)cccc4-c4ccccc4)c4ccc([nH]4)c2-c2c(-c4ccccc4)cccc2-c2ccccc2)C=C3)n1C. The standard InChI is InChI=1S/C96H70N4/c1-62-61-85-91(87-75(67-37-17-7-18-38-67)51-30-52-76(87)68-39-19-8-20-40-68)83-58-57-81(97-83)90(86-73(65-33-13-5-14-34-65)49-29-50-74(86)66-35-15-6-16-36-66)82-59-60-84(98-82)92(88-77(69-41-21-9-22-42-69)53-31-54-78(88)70-43-23-10-24-44-70)95-63(2)64(3)96(100(95)4)93(94(62)99-85)89-79(71-45-25-11-26-46-71)55-32-56-80(89)72-47-27-12-28-48-72/h5-61,97H,1-4H3. The number of nitrogens with one attached hydrogen (secondary N) is 1. The van der Waals surface area contributed by atoms with E-state index in [2.05, 4.69) is 383 Å². The summed E-state index contributed by atoms with van der Waals surface area (Å²) in [6.45, 7) is 6.92. The highest BCUT2D eigenvalue weighted by molar-refractivity contribution is 6.13. The molecule has 4 nitrogen and oxygen atoms in total. The van der Waals surface area contributed by atoms with Crippen LogP contribution in [0.3, 0.4) is 0 Å². The lowest BCUT2D eigenvalue weighted by Crippen LogP contribution is -2.00. The van der Waals surface area contributed by atoms with Crippen molar-refractivity contribution in [1.29, 1.82) is 0 Å². The van der Waals surface area contributed by atoms with Gasteiger partial charge in [0.05, 0.1) is 33.8 Å². The minimum absolute atomic E-state index is 0.827. The topological polar surface area (TPSA) is 46.5 Å². The van der Waals surface area contributed by atoms with E-state index in [0.29, 0.717) is 0 Å². The van der Waals surface area contributed by atoms with Crippen LogP contribution < -0.4 is 0 Å². The fourth-order valence-electron chi connectivity index (χ4n) is 15.6. The number of H-pyrrole nitrogens is 1. The molecule has 8 bridgehead atoms. The molecule has 3 aromatic heterocycles. The van der Waals surface area contributed by atoms with Crippen molar-refractivity contribution in [1.82, 2.24) is 19.5 Å². The third-order valence-electron chi connectivity index (χ3n) is 20.2. The molecule has 100 heavy (non-hydrogen) atoms. The van der Waals surface area contributed by atoms with E-state index in [0.717, 1.165) is 195 Å². The van der Waals surface area contributed by atoms with Crippen molar-refractivity contribution in [2.45, 2.75) is 20.8 Å². The van der Waals surface area contributed by atoms with E-state index in [1.165, 1.54) is 0 Å². The lowest BCUT2D eigenvalue weighted by Gasteiger charge is -2.20. The van der Waals surface area contributed by atoms with Crippen molar-refractivity contribution in [2.75, 3.05) is 0 Å². The Labute approximate surface area is 584 Å². The second-order valence-electron chi connectivity index (χ2n) is 26.0. The Balaban J connectivity index is 1.15. The Hall–Kier alpha value is -12.8. The van der Waals surface area contributed by atoms with Crippen LogP contribution in [0.2, 0.25) is 0 Å². The van der Waals surface area contributed by atoms with Crippen molar-refractivity contribution < 1.29 is 0 Å². The van der Waals surface area contributed by atoms with E-state index in [-0.39, 0.29) is 0 Å². The molecule has 2 aliphatic rings. The highest BCUT2D eigenvalue weighted by atomic mass is 15.0. The number of hydrogen-bond acceptors (Lipinski definition) is 2. The summed E-state index contributed by atoms with van der Waals surface area (Å²) in [5, 5.41) is 0. The van der Waals surface area contributed by atoms with Crippen LogP contribution in [0.5, 0.6) is 0 Å². The van der Waals surface area contributed by atoms with Crippen molar-refractivity contribution in [3.8, 4) is 134 Å². The summed E-state index contributed by atoms with van der Waals surface area (Å²) in [5.41, 5.74) is 36.6. The van der Waals surface area contributed by atoms with Crippen molar-refractivity contribution in [3.05, 3.63) is 361 Å². The first-order valence-electron chi connectivity index (χ1n) is 34.4. The first-order valence-corrected chi connectivity index (χ1v) is 34.4. The highest BCUT2D eigenvalue weighted by Gasteiger charge is 2.31.